The van der Waals surface area contributed by atoms with E-state index in [-0.39, 0.29) is 5.82 Å². The van der Waals surface area contributed by atoms with Gasteiger partial charge in [-0.3, -0.25) is 0 Å². The van der Waals surface area contributed by atoms with Crippen LogP contribution in [0, 0.1) is 17.7 Å². The number of nitrogens with one attached hydrogen (secondary N) is 1. The summed E-state index contributed by atoms with van der Waals surface area (Å²) in [7, 11) is 2.03. The second-order valence-electron chi connectivity index (χ2n) is 6.47. The van der Waals surface area contributed by atoms with E-state index in [0.29, 0.717) is 12.0 Å². The van der Waals surface area contributed by atoms with Gasteiger partial charge in [-0.15, -0.1) is 0 Å². The number of hydrogen-bond acceptors (Lipinski definition) is 1. The van der Waals surface area contributed by atoms with Gasteiger partial charge in [-0.2, -0.15) is 0 Å². The van der Waals surface area contributed by atoms with Crippen molar-refractivity contribution < 1.29 is 4.39 Å². The molecule has 0 heterocycles. The van der Waals surface area contributed by atoms with Crippen LogP contribution in [-0.4, -0.2) is 7.05 Å². The number of rotatable bonds is 3. The fourth-order valence-corrected chi connectivity index (χ4v) is 3.82. The summed E-state index contributed by atoms with van der Waals surface area (Å²) in [5, 5.41) is 5.28. The Morgan fingerprint density at radius 3 is 2.33 bits per heavy atom. The van der Waals surface area contributed by atoms with Crippen LogP contribution in [0.25, 0.3) is 10.8 Å². The van der Waals surface area contributed by atoms with Crippen molar-refractivity contribution >= 4 is 10.8 Å². The molecule has 0 aromatic heterocycles. The average Bonchev–Trinajstić information content (AvgIpc) is 2.52. The van der Waals surface area contributed by atoms with Gasteiger partial charge in [0.25, 0.3) is 0 Å². The van der Waals surface area contributed by atoms with Gasteiger partial charge in [0.15, 0.2) is 0 Å². The van der Waals surface area contributed by atoms with Crippen molar-refractivity contribution in [3.63, 3.8) is 0 Å². The molecule has 1 unspecified atom stereocenters. The molecule has 1 aliphatic carbocycles. The Kier molecular flexibility index (Phi) is 4.25. The molecule has 0 radical (unpaired) electrons. The van der Waals surface area contributed by atoms with Gasteiger partial charge in [-0.25, -0.2) is 4.39 Å². The number of benzene rings is 2. The topological polar surface area (TPSA) is 12.0 Å². The Hall–Kier alpha value is -1.41. The molecule has 0 spiro atoms. The molecule has 1 fully saturated rings. The fourth-order valence-electron chi connectivity index (χ4n) is 3.82. The summed E-state index contributed by atoms with van der Waals surface area (Å²) < 4.78 is 14.0. The average molecular weight is 285 g/mol. The molecule has 2 aromatic carbocycles. The summed E-state index contributed by atoms with van der Waals surface area (Å²) in [4.78, 5) is 0. The Bertz CT molecular complexity index is 614. The van der Waals surface area contributed by atoms with Crippen molar-refractivity contribution in [2.24, 2.45) is 11.8 Å². The van der Waals surface area contributed by atoms with E-state index < -0.39 is 0 Å². The highest BCUT2D eigenvalue weighted by Crippen LogP contribution is 2.39. The van der Waals surface area contributed by atoms with Crippen molar-refractivity contribution in [1.82, 2.24) is 5.32 Å². The number of fused-ring (bicyclic) bond motifs is 1. The lowest BCUT2D eigenvalue weighted by Gasteiger charge is -2.33. The molecular formula is C19H24FN. The van der Waals surface area contributed by atoms with E-state index in [9.17, 15) is 4.39 Å². The second kappa shape index (κ2) is 6.15. The van der Waals surface area contributed by atoms with Crippen LogP contribution in [-0.2, 0) is 0 Å². The largest absolute Gasteiger partial charge is 0.313 e. The van der Waals surface area contributed by atoms with Crippen LogP contribution in [0.3, 0.4) is 0 Å². The molecule has 0 saturated heterocycles. The lowest BCUT2D eigenvalue weighted by atomic mass is 9.76. The number of hydrogen-bond donors (Lipinski definition) is 1. The predicted octanol–water partition coefficient (Wildman–Crippen LogP) is 5.07. The van der Waals surface area contributed by atoms with Crippen LogP contribution >= 0.6 is 0 Å². The van der Waals surface area contributed by atoms with Crippen LogP contribution < -0.4 is 5.32 Å². The first-order valence-corrected chi connectivity index (χ1v) is 8.05. The standard InChI is InChI=1S/C19H24FN/c1-13-7-9-14(10-8-13)19(21-2)17-11-12-18(20)16-6-4-3-5-15(16)17/h3-6,11-14,19,21H,7-10H2,1-2H3. The molecule has 1 nitrogen and oxygen atoms in total. The van der Waals surface area contributed by atoms with E-state index in [4.69, 9.17) is 0 Å². The van der Waals surface area contributed by atoms with E-state index in [1.807, 2.05) is 37.4 Å². The molecule has 1 aliphatic rings. The molecular weight excluding hydrogens is 261 g/mol. The van der Waals surface area contributed by atoms with Gasteiger partial charge in [-0.05, 0) is 48.7 Å². The van der Waals surface area contributed by atoms with E-state index in [1.54, 1.807) is 6.07 Å². The number of halogens is 1. The maximum atomic E-state index is 14.0. The van der Waals surface area contributed by atoms with Gasteiger partial charge in [0.2, 0.25) is 0 Å². The third-order valence-electron chi connectivity index (χ3n) is 5.08. The third kappa shape index (κ3) is 2.82. The minimum atomic E-state index is -0.124. The molecule has 112 valence electrons. The van der Waals surface area contributed by atoms with Crippen molar-refractivity contribution in [3.8, 4) is 0 Å². The molecule has 2 heteroatoms. The van der Waals surface area contributed by atoms with Crippen molar-refractivity contribution in [3.05, 3.63) is 47.8 Å². The summed E-state index contributed by atoms with van der Waals surface area (Å²) in [5.74, 6) is 1.38. The first-order valence-electron chi connectivity index (χ1n) is 8.05. The van der Waals surface area contributed by atoms with Gasteiger partial charge < -0.3 is 5.32 Å². The van der Waals surface area contributed by atoms with Gasteiger partial charge in [-0.1, -0.05) is 50.1 Å². The highest BCUT2D eigenvalue weighted by molar-refractivity contribution is 5.86. The second-order valence-corrected chi connectivity index (χ2v) is 6.47. The Morgan fingerprint density at radius 2 is 1.67 bits per heavy atom. The Labute approximate surface area is 126 Å². The minimum Gasteiger partial charge on any atom is -0.313 e. The fraction of sp³-hybridized carbons (Fsp3) is 0.474. The molecule has 0 amide bonds. The summed E-state index contributed by atoms with van der Waals surface area (Å²) in [6.07, 6.45) is 5.14. The molecule has 3 rings (SSSR count). The summed E-state index contributed by atoms with van der Waals surface area (Å²) >= 11 is 0. The monoisotopic (exact) mass is 285 g/mol. The lowest BCUT2D eigenvalue weighted by Crippen LogP contribution is -2.28. The lowest BCUT2D eigenvalue weighted by molar-refractivity contribution is 0.239. The van der Waals surface area contributed by atoms with Gasteiger partial charge >= 0.3 is 0 Å². The van der Waals surface area contributed by atoms with Crippen molar-refractivity contribution in [2.45, 2.75) is 38.6 Å². The van der Waals surface area contributed by atoms with Crippen LogP contribution in [0.2, 0.25) is 0 Å². The van der Waals surface area contributed by atoms with E-state index >= 15 is 0 Å². The summed E-state index contributed by atoms with van der Waals surface area (Å²) in [6, 6.07) is 11.7. The molecule has 2 aromatic rings. The minimum absolute atomic E-state index is 0.124. The van der Waals surface area contributed by atoms with Crippen LogP contribution in [0.4, 0.5) is 4.39 Å². The maximum absolute atomic E-state index is 14.0. The molecule has 1 atom stereocenters. The Morgan fingerprint density at radius 1 is 1.00 bits per heavy atom. The molecule has 0 bridgehead atoms. The van der Waals surface area contributed by atoms with Crippen molar-refractivity contribution in [2.75, 3.05) is 7.05 Å². The zero-order valence-corrected chi connectivity index (χ0v) is 12.9. The molecule has 21 heavy (non-hydrogen) atoms. The highest BCUT2D eigenvalue weighted by atomic mass is 19.1. The maximum Gasteiger partial charge on any atom is 0.131 e. The van der Waals surface area contributed by atoms with E-state index in [1.165, 1.54) is 31.2 Å². The van der Waals surface area contributed by atoms with Gasteiger partial charge in [0, 0.05) is 11.4 Å². The Balaban J connectivity index is 1.99. The van der Waals surface area contributed by atoms with Crippen LogP contribution in [0.1, 0.15) is 44.2 Å². The van der Waals surface area contributed by atoms with Crippen LogP contribution in [0.15, 0.2) is 36.4 Å². The summed E-state index contributed by atoms with van der Waals surface area (Å²) in [6.45, 7) is 2.35. The van der Waals surface area contributed by atoms with Gasteiger partial charge in [0.1, 0.15) is 5.82 Å². The predicted molar refractivity (Wildman–Crippen MR) is 86.8 cm³/mol. The highest BCUT2D eigenvalue weighted by Gasteiger charge is 2.27. The first kappa shape index (κ1) is 14.5. The smallest absolute Gasteiger partial charge is 0.131 e. The molecule has 1 saturated carbocycles. The zero-order valence-electron chi connectivity index (χ0n) is 12.9. The molecule has 1 N–H and O–H groups in total. The van der Waals surface area contributed by atoms with Gasteiger partial charge in [0.05, 0.1) is 0 Å². The van der Waals surface area contributed by atoms with E-state index in [0.717, 1.165) is 16.7 Å². The third-order valence-corrected chi connectivity index (χ3v) is 5.08. The van der Waals surface area contributed by atoms with Crippen LogP contribution in [0.5, 0.6) is 0 Å². The normalized spacial score (nSPS) is 24.1. The SMILES string of the molecule is CNC(c1ccc(F)c2ccccc12)C1CCC(C)CC1. The van der Waals surface area contributed by atoms with E-state index in [2.05, 4.69) is 12.2 Å². The quantitative estimate of drug-likeness (QED) is 0.830. The molecule has 0 aliphatic heterocycles. The first-order chi connectivity index (χ1) is 10.2. The van der Waals surface area contributed by atoms with Crippen molar-refractivity contribution in [1.29, 1.82) is 0 Å². The zero-order chi connectivity index (χ0) is 14.8. The summed E-state index contributed by atoms with van der Waals surface area (Å²) in [5.41, 5.74) is 1.24.